The van der Waals surface area contributed by atoms with Crippen molar-refractivity contribution in [1.82, 2.24) is 10.3 Å². The minimum Gasteiger partial charge on any atom is -0.457 e. The smallest absolute Gasteiger partial charge is 0.127 e. The topological polar surface area (TPSA) is 61.3 Å². The Morgan fingerprint density at radius 3 is 1.35 bits per heavy atom. The third kappa shape index (κ3) is 2.85. The van der Waals surface area contributed by atoms with E-state index in [1.807, 2.05) is 60.7 Å². The summed E-state index contributed by atoms with van der Waals surface area (Å²) in [5.74, 6) is 1.51. The van der Waals surface area contributed by atoms with E-state index >= 15 is 0 Å². The Labute approximate surface area is 132 Å². The van der Waals surface area contributed by atoms with Crippen LogP contribution in [0.4, 0.5) is 0 Å². The molecule has 2 heterocycles. The van der Waals surface area contributed by atoms with Gasteiger partial charge in [0.1, 0.15) is 35.4 Å². The largest absolute Gasteiger partial charge is 0.457 e. The minimum absolute atomic E-state index is 0.756. The highest BCUT2D eigenvalue weighted by Crippen LogP contribution is 2.27. The van der Waals surface area contributed by atoms with Gasteiger partial charge in [0.05, 0.1) is 0 Å². The SMILES string of the molecule is c1cc(-c2ccc(Oc3ccc(-c4ccon4)cc3)cc2)no1. The molecule has 5 nitrogen and oxygen atoms in total. The molecule has 0 aliphatic rings. The van der Waals surface area contributed by atoms with Crippen LogP contribution in [0.3, 0.4) is 0 Å². The molecule has 0 N–H and O–H groups in total. The first kappa shape index (κ1) is 13.3. The third-order valence-electron chi connectivity index (χ3n) is 3.41. The molecular formula is C18H12N2O3. The van der Waals surface area contributed by atoms with E-state index in [1.54, 1.807) is 12.5 Å². The lowest BCUT2D eigenvalue weighted by atomic mass is 10.1. The maximum absolute atomic E-state index is 5.84. The van der Waals surface area contributed by atoms with Crippen LogP contribution in [0.1, 0.15) is 0 Å². The quantitative estimate of drug-likeness (QED) is 0.542. The zero-order valence-corrected chi connectivity index (χ0v) is 12.0. The summed E-state index contributed by atoms with van der Waals surface area (Å²) >= 11 is 0. The Bertz CT molecular complexity index is 789. The van der Waals surface area contributed by atoms with E-state index in [1.165, 1.54) is 0 Å². The molecule has 0 unspecified atom stereocenters. The molecule has 4 rings (SSSR count). The van der Waals surface area contributed by atoms with Crippen molar-refractivity contribution < 1.29 is 13.8 Å². The van der Waals surface area contributed by atoms with Crippen LogP contribution >= 0.6 is 0 Å². The molecule has 0 aliphatic carbocycles. The van der Waals surface area contributed by atoms with E-state index in [2.05, 4.69) is 10.3 Å². The predicted octanol–water partition coefficient (Wildman–Crippen LogP) is 4.79. The normalized spacial score (nSPS) is 10.6. The van der Waals surface area contributed by atoms with Crippen LogP contribution < -0.4 is 4.74 Å². The first-order valence-electron chi connectivity index (χ1n) is 7.08. The molecule has 0 amide bonds. The second kappa shape index (κ2) is 5.81. The van der Waals surface area contributed by atoms with Gasteiger partial charge in [0.25, 0.3) is 0 Å². The number of aromatic nitrogens is 2. The first-order valence-corrected chi connectivity index (χ1v) is 7.08. The van der Waals surface area contributed by atoms with Gasteiger partial charge in [-0.2, -0.15) is 0 Å². The van der Waals surface area contributed by atoms with E-state index in [9.17, 15) is 0 Å². The summed E-state index contributed by atoms with van der Waals surface area (Å²) in [6, 6.07) is 19.0. The Morgan fingerprint density at radius 2 is 1.00 bits per heavy atom. The lowest BCUT2D eigenvalue weighted by Crippen LogP contribution is -1.85. The molecule has 0 radical (unpaired) electrons. The Balaban J connectivity index is 1.49. The van der Waals surface area contributed by atoms with Crippen molar-refractivity contribution in [3.8, 4) is 34.0 Å². The standard InChI is InChI=1S/C18H12N2O3/c1-5-15(6-2-13(1)17-9-11-21-19-17)23-16-7-3-14(4-8-16)18-10-12-22-20-18/h1-12H. The van der Waals surface area contributed by atoms with Gasteiger partial charge < -0.3 is 13.8 Å². The number of ether oxygens (including phenoxy) is 1. The van der Waals surface area contributed by atoms with Gasteiger partial charge in [-0.25, -0.2) is 0 Å². The van der Waals surface area contributed by atoms with Gasteiger partial charge in [-0.1, -0.05) is 10.3 Å². The van der Waals surface area contributed by atoms with Gasteiger partial charge in [-0.15, -0.1) is 0 Å². The van der Waals surface area contributed by atoms with Crippen molar-refractivity contribution in [2.45, 2.75) is 0 Å². The van der Waals surface area contributed by atoms with Crippen molar-refractivity contribution in [2.24, 2.45) is 0 Å². The lowest BCUT2D eigenvalue weighted by Gasteiger charge is -2.06. The fourth-order valence-corrected chi connectivity index (χ4v) is 2.25. The van der Waals surface area contributed by atoms with E-state index < -0.39 is 0 Å². The Kier molecular flexibility index (Phi) is 3.37. The van der Waals surface area contributed by atoms with Crippen LogP contribution in [0.25, 0.3) is 22.5 Å². The average molecular weight is 304 g/mol. The average Bonchev–Trinajstić information content (AvgIpc) is 3.30. The summed E-state index contributed by atoms with van der Waals surface area (Å²) < 4.78 is 15.5. The minimum atomic E-state index is 0.756. The molecule has 0 atom stereocenters. The third-order valence-corrected chi connectivity index (χ3v) is 3.41. The van der Waals surface area contributed by atoms with Crippen molar-refractivity contribution >= 4 is 0 Å². The number of benzene rings is 2. The molecule has 112 valence electrons. The maximum Gasteiger partial charge on any atom is 0.127 e. The van der Waals surface area contributed by atoms with Crippen molar-refractivity contribution in [3.05, 3.63) is 73.2 Å². The van der Waals surface area contributed by atoms with Crippen LogP contribution in [-0.4, -0.2) is 10.3 Å². The van der Waals surface area contributed by atoms with Crippen molar-refractivity contribution in [2.75, 3.05) is 0 Å². The summed E-state index contributed by atoms with van der Waals surface area (Å²) in [4.78, 5) is 0. The van der Waals surface area contributed by atoms with Gasteiger partial charge in [0.15, 0.2) is 0 Å². The van der Waals surface area contributed by atoms with Gasteiger partial charge in [-0.3, -0.25) is 0 Å². The predicted molar refractivity (Wildman–Crippen MR) is 84.0 cm³/mol. The van der Waals surface area contributed by atoms with Crippen molar-refractivity contribution in [1.29, 1.82) is 0 Å². The monoisotopic (exact) mass is 304 g/mol. The molecule has 0 bridgehead atoms. The van der Waals surface area contributed by atoms with Gasteiger partial charge in [0.2, 0.25) is 0 Å². The fourth-order valence-electron chi connectivity index (χ4n) is 2.25. The number of nitrogens with zero attached hydrogens (tertiary/aromatic N) is 2. The van der Waals surface area contributed by atoms with E-state index in [0.717, 1.165) is 34.0 Å². The molecule has 2 aromatic heterocycles. The summed E-state index contributed by atoms with van der Waals surface area (Å²) in [6.07, 6.45) is 3.10. The summed E-state index contributed by atoms with van der Waals surface area (Å²) in [7, 11) is 0. The molecule has 0 saturated heterocycles. The van der Waals surface area contributed by atoms with Crippen molar-refractivity contribution in [3.63, 3.8) is 0 Å². The van der Waals surface area contributed by atoms with E-state index in [4.69, 9.17) is 13.8 Å². The van der Waals surface area contributed by atoms with Crippen LogP contribution in [0.15, 0.2) is 82.2 Å². The lowest BCUT2D eigenvalue weighted by molar-refractivity contribution is 0.422. The molecule has 5 heteroatoms. The highest BCUT2D eigenvalue weighted by atomic mass is 16.5. The van der Waals surface area contributed by atoms with Gasteiger partial charge in [-0.05, 0) is 48.5 Å². The molecule has 2 aromatic carbocycles. The van der Waals surface area contributed by atoms with Crippen LogP contribution in [0.5, 0.6) is 11.5 Å². The second-order valence-corrected chi connectivity index (χ2v) is 4.92. The van der Waals surface area contributed by atoms with Gasteiger partial charge in [0, 0.05) is 23.3 Å². The second-order valence-electron chi connectivity index (χ2n) is 4.92. The van der Waals surface area contributed by atoms with Crippen LogP contribution in [-0.2, 0) is 0 Å². The molecule has 23 heavy (non-hydrogen) atoms. The Hall–Kier alpha value is -3.34. The number of hydrogen-bond donors (Lipinski definition) is 0. The highest BCUT2D eigenvalue weighted by Gasteiger charge is 2.04. The molecule has 0 fully saturated rings. The Morgan fingerprint density at radius 1 is 0.565 bits per heavy atom. The number of hydrogen-bond acceptors (Lipinski definition) is 5. The number of rotatable bonds is 4. The van der Waals surface area contributed by atoms with E-state index in [-0.39, 0.29) is 0 Å². The zero-order chi connectivity index (χ0) is 15.5. The molecule has 4 aromatic rings. The first-order chi connectivity index (χ1) is 11.4. The summed E-state index contributed by atoms with van der Waals surface area (Å²) in [5.41, 5.74) is 3.56. The maximum atomic E-state index is 5.84. The van der Waals surface area contributed by atoms with Gasteiger partial charge >= 0.3 is 0 Å². The fraction of sp³-hybridized carbons (Fsp3) is 0. The van der Waals surface area contributed by atoms with Crippen LogP contribution in [0, 0.1) is 0 Å². The molecule has 0 aliphatic heterocycles. The molecule has 0 spiro atoms. The van der Waals surface area contributed by atoms with Crippen LogP contribution in [0.2, 0.25) is 0 Å². The highest BCUT2D eigenvalue weighted by molar-refractivity contribution is 5.60. The summed E-state index contributed by atoms with van der Waals surface area (Å²) in [6.45, 7) is 0. The molecular weight excluding hydrogens is 292 g/mol. The zero-order valence-electron chi connectivity index (χ0n) is 12.0. The van der Waals surface area contributed by atoms with E-state index in [0.29, 0.717) is 0 Å². The molecule has 0 saturated carbocycles. The summed E-state index contributed by atoms with van der Waals surface area (Å²) in [5, 5.41) is 7.81.